The molecule has 33 heavy (non-hydrogen) atoms. The van der Waals surface area contributed by atoms with E-state index in [1.807, 2.05) is 29.2 Å². The highest BCUT2D eigenvalue weighted by Gasteiger charge is 2.41. The molecule has 1 atom stereocenters. The van der Waals surface area contributed by atoms with Crippen LogP contribution in [0.15, 0.2) is 59.8 Å². The third-order valence-electron chi connectivity index (χ3n) is 6.13. The highest BCUT2D eigenvalue weighted by Crippen LogP contribution is 2.48. The van der Waals surface area contributed by atoms with Crippen molar-refractivity contribution in [1.82, 2.24) is 5.32 Å². The van der Waals surface area contributed by atoms with E-state index in [1.165, 1.54) is 12.1 Å². The van der Waals surface area contributed by atoms with Crippen LogP contribution in [0, 0.1) is 11.2 Å². The van der Waals surface area contributed by atoms with Crippen LogP contribution < -0.4 is 15.5 Å². The third-order valence-corrected chi connectivity index (χ3v) is 6.13. The predicted molar refractivity (Wildman–Crippen MR) is 126 cm³/mol. The number of ether oxygens (including phenoxy) is 1. The van der Waals surface area contributed by atoms with Gasteiger partial charge in [-0.05, 0) is 41.7 Å². The molecular weight excluding hydrogens is 421 g/mol. The summed E-state index contributed by atoms with van der Waals surface area (Å²) in [5.41, 5.74) is 3.73. The van der Waals surface area contributed by atoms with Crippen LogP contribution in [0.4, 0.5) is 15.8 Å². The lowest BCUT2D eigenvalue weighted by molar-refractivity contribution is -0.121. The summed E-state index contributed by atoms with van der Waals surface area (Å²) in [7, 11) is 1.58. The zero-order chi connectivity index (χ0) is 23.6. The van der Waals surface area contributed by atoms with Crippen LogP contribution in [-0.2, 0) is 14.3 Å². The molecule has 174 valence electrons. The Morgan fingerprint density at radius 1 is 1.18 bits per heavy atom. The monoisotopic (exact) mass is 451 g/mol. The molecule has 2 aromatic carbocycles. The van der Waals surface area contributed by atoms with Crippen LogP contribution in [0.25, 0.3) is 0 Å². The molecule has 1 aliphatic carbocycles. The van der Waals surface area contributed by atoms with E-state index in [2.05, 4.69) is 24.5 Å². The number of nitrogens with one attached hydrogen (secondary N) is 2. The molecule has 2 N–H and O–H groups in total. The molecule has 1 heterocycles. The first kappa shape index (κ1) is 23.0. The number of fused-ring (bicyclic) bond motifs is 1. The maximum Gasteiger partial charge on any atom is 0.239 e. The molecule has 6 nitrogen and oxygen atoms in total. The summed E-state index contributed by atoms with van der Waals surface area (Å²) < 4.78 is 18.8. The van der Waals surface area contributed by atoms with E-state index in [0.29, 0.717) is 31.6 Å². The zero-order valence-corrected chi connectivity index (χ0v) is 19.3. The van der Waals surface area contributed by atoms with E-state index >= 15 is 0 Å². The standard InChI is InChI=1S/C26H30FN3O3/c1-26(2)14-20-24(22(31)15-26)25(17-8-10-18(27)11-9-17)30(16-23(32)28-12-13-33-3)21-7-5-4-6-19(21)29-20/h4-11,25,29H,12-16H2,1-3H3,(H,28,32)/t25-/m1/s1. The van der Waals surface area contributed by atoms with Gasteiger partial charge in [-0.2, -0.15) is 0 Å². The minimum absolute atomic E-state index is 0.0396. The zero-order valence-electron chi connectivity index (χ0n) is 19.3. The summed E-state index contributed by atoms with van der Waals surface area (Å²) in [6.07, 6.45) is 1.11. The molecule has 1 amide bonds. The van der Waals surface area contributed by atoms with E-state index in [0.717, 1.165) is 22.6 Å². The molecule has 0 bridgehead atoms. The fourth-order valence-corrected chi connectivity index (χ4v) is 4.72. The van der Waals surface area contributed by atoms with Gasteiger partial charge in [-0.15, -0.1) is 0 Å². The normalized spacial score (nSPS) is 19.3. The Morgan fingerprint density at radius 2 is 1.91 bits per heavy atom. The number of amides is 1. The highest BCUT2D eigenvalue weighted by atomic mass is 19.1. The minimum atomic E-state index is -0.520. The first-order valence-electron chi connectivity index (χ1n) is 11.2. The van der Waals surface area contributed by atoms with Gasteiger partial charge < -0.3 is 20.3 Å². The van der Waals surface area contributed by atoms with Crippen molar-refractivity contribution in [2.75, 3.05) is 37.0 Å². The van der Waals surface area contributed by atoms with Crippen molar-refractivity contribution < 1.29 is 18.7 Å². The number of Topliss-reactive ketones (excluding diaryl/α,β-unsaturated/α-hetero) is 1. The van der Waals surface area contributed by atoms with Crippen LogP contribution in [0.3, 0.4) is 0 Å². The second-order valence-corrected chi connectivity index (χ2v) is 9.40. The SMILES string of the molecule is COCCNC(=O)CN1c2ccccc2NC2=C(C(=O)CC(C)(C)C2)[C@H]1c1ccc(F)cc1. The minimum Gasteiger partial charge on any atom is -0.383 e. The number of halogens is 1. The van der Waals surface area contributed by atoms with Crippen molar-refractivity contribution in [2.45, 2.75) is 32.7 Å². The smallest absolute Gasteiger partial charge is 0.239 e. The second-order valence-electron chi connectivity index (χ2n) is 9.40. The summed E-state index contributed by atoms with van der Waals surface area (Å²) in [4.78, 5) is 28.4. The van der Waals surface area contributed by atoms with E-state index < -0.39 is 6.04 Å². The quantitative estimate of drug-likeness (QED) is 0.644. The summed E-state index contributed by atoms with van der Waals surface area (Å²) in [5, 5.41) is 6.38. The van der Waals surface area contributed by atoms with Crippen LogP contribution >= 0.6 is 0 Å². The number of carbonyl (C=O) groups is 2. The largest absolute Gasteiger partial charge is 0.383 e. The van der Waals surface area contributed by atoms with Crippen molar-refractivity contribution in [3.05, 3.63) is 71.2 Å². The van der Waals surface area contributed by atoms with E-state index in [1.54, 1.807) is 19.2 Å². The van der Waals surface area contributed by atoms with Gasteiger partial charge in [0.25, 0.3) is 0 Å². The predicted octanol–water partition coefficient (Wildman–Crippen LogP) is 4.20. The fourth-order valence-electron chi connectivity index (χ4n) is 4.72. The van der Waals surface area contributed by atoms with Crippen LogP contribution in [0.5, 0.6) is 0 Å². The van der Waals surface area contributed by atoms with Gasteiger partial charge in [-0.1, -0.05) is 38.1 Å². The maximum atomic E-state index is 13.8. The number of carbonyl (C=O) groups excluding carboxylic acids is 2. The molecule has 2 aliphatic rings. The fraction of sp³-hybridized carbons (Fsp3) is 0.385. The van der Waals surface area contributed by atoms with Gasteiger partial charge in [0.15, 0.2) is 5.78 Å². The molecular formula is C26H30FN3O3. The number of hydrogen-bond acceptors (Lipinski definition) is 5. The Bertz CT molecular complexity index is 1080. The van der Waals surface area contributed by atoms with Gasteiger partial charge in [0, 0.05) is 31.3 Å². The molecule has 0 unspecified atom stereocenters. The summed E-state index contributed by atoms with van der Waals surface area (Å²) in [5.74, 6) is -0.484. The second kappa shape index (κ2) is 9.35. The third kappa shape index (κ3) is 4.93. The molecule has 0 aromatic heterocycles. The van der Waals surface area contributed by atoms with E-state index in [-0.39, 0.29) is 29.5 Å². The lowest BCUT2D eigenvalue weighted by Crippen LogP contribution is -2.42. The van der Waals surface area contributed by atoms with Gasteiger partial charge in [-0.25, -0.2) is 4.39 Å². The number of hydrogen-bond donors (Lipinski definition) is 2. The molecule has 0 radical (unpaired) electrons. The number of methoxy groups -OCH3 is 1. The molecule has 2 aromatic rings. The number of anilines is 2. The van der Waals surface area contributed by atoms with Crippen molar-refractivity contribution in [3.8, 4) is 0 Å². The molecule has 0 fully saturated rings. The van der Waals surface area contributed by atoms with Gasteiger partial charge in [0.2, 0.25) is 5.91 Å². The average molecular weight is 452 g/mol. The first-order valence-corrected chi connectivity index (χ1v) is 11.2. The maximum absolute atomic E-state index is 13.8. The number of benzene rings is 2. The lowest BCUT2D eigenvalue weighted by Gasteiger charge is -2.37. The van der Waals surface area contributed by atoms with Crippen LogP contribution in [0.2, 0.25) is 0 Å². The summed E-state index contributed by atoms with van der Waals surface area (Å²) >= 11 is 0. The summed E-state index contributed by atoms with van der Waals surface area (Å²) in [6.45, 7) is 5.01. The Balaban J connectivity index is 1.85. The first-order chi connectivity index (χ1) is 15.8. The molecule has 0 saturated carbocycles. The average Bonchev–Trinajstić information content (AvgIpc) is 2.88. The Kier molecular flexibility index (Phi) is 6.51. The lowest BCUT2D eigenvalue weighted by atomic mass is 9.73. The van der Waals surface area contributed by atoms with Gasteiger partial charge in [0.05, 0.1) is 30.6 Å². The topological polar surface area (TPSA) is 70.7 Å². The van der Waals surface area contributed by atoms with Gasteiger partial charge in [-0.3, -0.25) is 9.59 Å². The Morgan fingerprint density at radius 3 is 2.64 bits per heavy atom. The van der Waals surface area contributed by atoms with Crippen molar-refractivity contribution in [1.29, 1.82) is 0 Å². The van der Waals surface area contributed by atoms with E-state index in [4.69, 9.17) is 4.74 Å². The molecule has 1 aliphatic heterocycles. The van der Waals surface area contributed by atoms with Crippen molar-refractivity contribution in [3.63, 3.8) is 0 Å². The number of ketones is 1. The van der Waals surface area contributed by atoms with Gasteiger partial charge >= 0.3 is 0 Å². The molecule has 4 rings (SSSR count). The van der Waals surface area contributed by atoms with Gasteiger partial charge in [0.1, 0.15) is 5.82 Å². The number of nitrogens with zero attached hydrogens (tertiary/aromatic N) is 1. The summed E-state index contributed by atoms with van der Waals surface area (Å²) in [6, 6.07) is 13.4. The van der Waals surface area contributed by atoms with Crippen LogP contribution in [-0.4, -0.2) is 38.5 Å². The van der Waals surface area contributed by atoms with Crippen molar-refractivity contribution in [2.24, 2.45) is 5.41 Å². The molecule has 0 saturated heterocycles. The van der Waals surface area contributed by atoms with Crippen molar-refractivity contribution >= 4 is 23.1 Å². The Hall–Kier alpha value is -3.19. The number of rotatable bonds is 6. The highest BCUT2D eigenvalue weighted by molar-refractivity contribution is 6.01. The molecule has 7 heteroatoms. The van der Waals surface area contributed by atoms with Crippen LogP contribution in [0.1, 0.15) is 38.3 Å². The number of para-hydroxylation sites is 2. The Labute approximate surface area is 193 Å². The van der Waals surface area contributed by atoms with E-state index in [9.17, 15) is 14.0 Å². The number of allylic oxidation sites excluding steroid dienone is 1. The molecule has 0 spiro atoms.